The monoisotopic (exact) mass is 392 g/mol. The number of carbonyl (C=O) groups excluding carboxylic acids is 2. The van der Waals surface area contributed by atoms with E-state index in [2.05, 4.69) is 20.7 Å². The van der Waals surface area contributed by atoms with E-state index < -0.39 is 0 Å². The van der Waals surface area contributed by atoms with Crippen molar-refractivity contribution in [2.45, 2.75) is 32.1 Å². The van der Waals surface area contributed by atoms with Gasteiger partial charge in [-0.25, -0.2) is 4.98 Å². The smallest absolute Gasteiger partial charge is 0.276 e. The van der Waals surface area contributed by atoms with Gasteiger partial charge < -0.3 is 15.2 Å². The van der Waals surface area contributed by atoms with E-state index in [4.69, 9.17) is 0 Å². The number of rotatable bonds is 5. The first-order chi connectivity index (χ1) is 14.1. The van der Waals surface area contributed by atoms with Crippen molar-refractivity contribution in [1.29, 1.82) is 0 Å². The van der Waals surface area contributed by atoms with E-state index in [0.29, 0.717) is 11.5 Å². The summed E-state index contributed by atoms with van der Waals surface area (Å²) in [4.78, 5) is 29.0. The quantitative estimate of drug-likeness (QED) is 0.696. The van der Waals surface area contributed by atoms with Gasteiger partial charge in [0, 0.05) is 42.8 Å². The zero-order chi connectivity index (χ0) is 20.2. The van der Waals surface area contributed by atoms with Gasteiger partial charge in [0.25, 0.3) is 5.91 Å². The minimum Gasteiger partial charge on any atom is -0.321 e. The maximum absolute atomic E-state index is 12.6. The second-order valence-corrected chi connectivity index (χ2v) is 7.33. The van der Waals surface area contributed by atoms with Gasteiger partial charge in [-0.15, -0.1) is 0 Å². The van der Waals surface area contributed by atoms with Crippen molar-refractivity contribution in [2.75, 3.05) is 10.6 Å². The van der Waals surface area contributed by atoms with Crippen LogP contribution in [0.2, 0.25) is 0 Å². The number of benzene rings is 1. The maximum atomic E-state index is 12.6. The van der Waals surface area contributed by atoms with Gasteiger partial charge >= 0.3 is 0 Å². The number of amides is 2. The molecule has 29 heavy (non-hydrogen) atoms. The number of carbonyl (C=O) groups is 2. The summed E-state index contributed by atoms with van der Waals surface area (Å²) < 4.78 is 3.41. The molecule has 8 nitrogen and oxygen atoms in total. The fourth-order valence-corrected chi connectivity index (χ4v) is 3.61. The fourth-order valence-electron chi connectivity index (χ4n) is 3.61. The van der Waals surface area contributed by atoms with Gasteiger partial charge in [-0.1, -0.05) is 19.3 Å². The lowest BCUT2D eigenvalue weighted by molar-refractivity contribution is -0.120. The summed E-state index contributed by atoms with van der Waals surface area (Å²) in [7, 11) is 1.72. The van der Waals surface area contributed by atoms with Crippen LogP contribution in [-0.2, 0) is 11.8 Å². The first kappa shape index (κ1) is 18.9. The molecule has 0 unspecified atom stereocenters. The van der Waals surface area contributed by atoms with Gasteiger partial charge in [0.15, 0.2) is 5.69 Å². The molecule has 1 aliphatic carbocycles. The van der Waals surface area contributed by atoms with Gasteiger partial charge in [-0.2, -0.15) is 5.10 Å². The number of aromatic nitrogens is 4. The van der Waals surface area contributed by atoms with Crippen molar-refractivity contribution in [3.63, 3.8) is 0 Å². The molecule has 2 N–H and O–H groups in total. The van der Waals surface area contributed by atoms with Crippen molar-refractivity contribution < 1.29 is 9.59 Å². The Bertz CT molecular complexity index is 985. The van der Waals surface area contributed by atoms with E-state index in [9.17, 15) is 9.59 Å². The number of hydrogen-bond acceptors (Lipinski definition) is 4. The molecule has 2 amide bonds. The summed E-state index contributed by atoms with van der Waals surface area (Å²) in [5.74, 6) is 0.259. The molecular weight excluding hydrogens is 368 g/mol. The molecule has 2 aromatic heterocycles. The lowest BCUT2D eigenvalue weighted by Crippen LogP contribution is -2.25. The second-order valence-electron chi connectivity index (χ2n) is 7.33. The van der Waals surface area contributed by atoms with Crippen molar-refractivity contribution >= 4 is 23.3 Å². The largest absolute Gasteiger partial charge is 0.321 e. The molecule has 0 saturated heterocycles. The lowest BCUT2D eigenvalue weighted by atomic mass is 9.89. The molecule has 1 fully saturated rings. The highest BCUT2D eigenvalue weighted by atomic mass is 16.2. The second kappa shape index (κ2) is 8.30. The van der Waals surface area contributed by atoms with Crippen LogP contribution in [0.15, 0.2) is 49.1 Å². The molecule has 1 saturated carbocycles. The van der Waals surface area contributed by atoms with Crippen molar-refractivity contribution in [3.8, 4) is 5.69 Å². The van der Waals surface area contributed by atoms with Crippen LogP contribution >= 0.6 is 0 Å². The minimum atomic E-state index is -0.325. The van der Waals surface area contributed by atoms with E-state index in [-0.39, 0.29) is 23.4 Å². The molecule has 3 aromatic rings. The molecule has 0 bridgehead atoms. The van der Waals surface area contributed by atoms with Gasteiger partial charge in [0.2, 0.25) is 5.91 Å². The Morgan fingerprint density at radius 3 is 2.52 bits per heavy atom. The van der Waals surface area contributed by atoms with E-state index >= 15 is 0 Å². The van der Waals surface area contributed by atoms with Crippen LogP contribution < -0.4 is 10.6 Å². The average molecular weight is 392 g/mol. The highest BCUT2D eigenvalue weighted by Gasteiger charge is 2.22. The van der Waals surface area contributed by atoms with Gasteiger partial charge in [0.1, 0.15) is 5.82 Å². The zero-order valence-corrected chi connectivity index (χ0v) is 16.3. The maximum Gasteiger partial charge on any atom is 0.276 e. The highest BCUT2D eigenvalue weighted by molar-refractivity contribution is 6.04. The molecule has 150 valence electrons. The summed E-state index contributed by atoms with van der Waals surface area (Å²) in [6, 6.07) is 9.04. The lowest BCUT2D eigenvalue weighted by Gasteiger charge is -2.20. The Balaban J connectivity index is 1.40. The normalized spacial score (nSPS) is 14.5. The molecule has 0 atom stereocenters. The molecule has 4 rings (SSSR count). The fraction of sp³-hybridized carbons (Fsp3) is 0.333. The predicted octanol–water partition coefficient (Wildman–Crippen LogP) is 3.38. The van der Waals surface area contributed by atoms with Crippen LogP contribution in [0.1, 0.15) is 42.6 Å². The zero-order valence-electron chi connectivity index (χ0n) is 16.3. The number of nitrogens with zero attached hydrogens (tertiary/aromatic N) is 4. The SMILES string of the molecule is Cn1nc(C(=O)Nc2ccc(-n3ccnc3)cc2)cc1NC(=O)C1CCCCC1. The van der Waals surface area contributed by atoms with E-state index in [1.54, 1.807) is 25.6 Å². The van der Waals surface area contributed by atoms with Crippen LogP contribution in [0.3, 0.4) is 0 Å². The molecule has 0 radical (unpaired) electrons. The van der Waals surface area contributed by atoms with Crippen molar-refractivity contribution in [3.05, 3.63) is 54.7 Å². The third kappa shape index (κ3) is 4.37. The molecule has 1 aliphatic rings. The van der Waals surface area contributed by atoms with Crippen LogP contribution in [0.5, 0.6) is 0 Å². The van der Waals surface area contributed by atoms with E-state index in [0.717, 1.165) is 31.4 Å². The average Bonchev–Trinajstić information content (AvgIpc) is 3.40. The first-order valence-electron chi connectivity index (χ1n) is 9.85. The number of nitrogens with one attached hydrogen (secondary N) is 2. The number of aryl methyl sites for hydroxylation is 1. The van der Waals surface area contributed by atoms with Gasteiger partial charge in [0.05, 0.1) is 6.33 Å². The van der Waals surface area contributed by atoms with E-state index in [1.807, 2.05) is 35.0 Å². The number of hydrogen-bond donors (Lipinski definition) is 2. The molecule has 0 aliphatic heterocycles. The Kier molecular flexibility index (Phi) is 5.41. The summed E-state index contributed by atoms with van der Waals surface area (Å²) in [5, 5.41) is 9.99. The predicted molar refractivity (Wildman–Crippen MR) is 110 cm³/mol. The molecule has 0 spiro atoms. The minimum absolute atomic E-state index is 0.00903. The van der Waals surface area contributed by atoms with Crippen LogP contribution in [0, 0.1) is 5.92 Å². The molecular formula is C21H24N6O2. The van der Waals surface area contributed by atoms with Gasteiger partial charge in [-0.3, -0.25) is 14.3 Å². The van der Waals surface area contributed by atoms with Crippen molar-refractivity contribution in [2.24, 2.45) is 13.0 Å². The van der Waals surface area contributed by atoms with Crippen LogP contribution in [-0.4, -0.2) is 31.1 Å². The standard InChI is InChI=1S/C21H24N6O2/c1-26-19(24-20(28)15-5-3-2-4-6-15)13-18(25-26)21(29)23-16-7-9-17(10-8-16)27-12-11-22-14-27/h7-15H,2-6H2,1H3,(H,23,29)(H,24,28). The van der Waals surface area contributed by atoms with Crippen LogP contribution in [0.25, 0.3) is 5.69 Å². The molecule has 2 heterocycles. The summed E-state index contributed by atoms with van der Waals surface area (Å²) >= 11 is 0. The molecule has 1 aromatic carbocycles. The van der Waals surface area contributed by atoms with E-state index in [1.165, 1.54) is 11.1 Å². The Hall–Kier alpha value is -3.42. The Labute approximate surface area is 168 Å². The number of imidazole rings is 1. The number of anilines is 2. The first-order valence-corrected chi connectivity index (χ1v) is 9.85. The Morgan fingerprint density at radius 2 is 1.83 bits per heavy atom. The summed E-state index contributed by atoms with van der Waals surface area (Å²) in [5.41, 5.74) is 1.87. The third-order valence-corrected chi connectivity index (χ3v) is 5.27. The Morgan fingerprint density at radius 1 is 1.07 bits per heavy atom. The third-order valence-electron chi connectivity index (χ3n) is 5.27. The highest BCUT2D eigenvalue weighted by Crippen LogP contribution is 2.25. The summed E-state index contributed by atoms with van der Waals surface area (Å²) in [6.07, 6.45) is 10.5. The van der Waals surface area contributed by atoms with Gasteiger partial charge in [-0.05, 0) is 37.1 Å². The molecule has 8 heteroatoms. The van der Waals surface area contributed by atoms with Crippen molar-refractivity contribution in [1.82, 2.24) is 19.3 Å². The summed E-state index contributed by atoms with van der Waals surface area (Å²) in [6.45, 7) is 0. The topological polar surface area (TPSA) is 93.8 Å². The van der Waals surface area contributed by atoms with Crippen LogP contribution in [0.4, 0.5) is 11.5 Å².